The summed E-state index contributed by atoms with van der Waals surface area (Å²) in [5.41, 5.74) is 2.21. The van der Waals surface area contributed by atoms with Gasteiger partial charge >= 0.3 is 0 Å². The van der Waals surface area contributed by atoms with Crippen LogP contribution in [0.15, 0.2) is 16.8 Å². The summed E-state index contributed by atoms with van der Waals surface area (Å²) >= 11 is 9.28. The van der Waals surface area contributed by atoms with Crippen molar-refractivity contribution >= 4 is 34.3 Å². The molecule has 5 heteroatoms. The minimum absolute atomic E-state index is 0.594. The van der Waals surface area contributed by atoms with Gasteiger partial charge in [-0.1, -0.05) is 11.6 Å². The number of rotatable bonds is 2. The average molecular weight is 285 g/mol. The third kappa shape index (κ3) is 2.55. The van der Waals surface area contributed by atoms with Crippen molar-refractivity contribution in [2.24, 2.45) is 0 Å². The number of hydrogen-bond donors (Lipinski definition) is 1. The highest BCUT2D eigenvalue weighted by Gasteiger charge is 2.18. The second-order valence-electron chi connectivity index (χ2n) is 4.25. The molecule has 0 bridgehead atoms. The van der Waals surface area contributed by atoms with E-state index in [0.717, 1.165) is 28.7 Å². The molecule has 1 saturated heterocycles. The molecule has 0 aliphatic carbocycles. The number of nitrogens with zero attached hydrogens (tertiary/aromatic N) is 1. The number of thiazole rings is 1. The van der Waals surface area contributed by atoms with Gasteiger partial charge in [0.1, 0.15) is 0 Å². The predicted octanol–water partition coefficient (Wildman–Crippen LogP) is 3.99. The van der Waals surface area contributed by atoms with Gasteiger partial charge in [-0.2, -0.15) is 0 Å². The molecule has 3 heterocycles. The van der Waals surface area contributed by atoms with Gasteiger partial charge in [0.25, 0.3) is 0 Å². The summed E-state index contributed by atoms with van der Waals surface area (Å²) in [6.45, 7) is 2.21. The van der Waals surface area contributed by atoms with Gasteiger partial charge < -0.3 is 5.32 Å². The first-order valence-corrected chi connectivity index (χ1v) is 7.87. The molecule has 2 aromatic rings. The van der Waals surface area contributed by atoms with E-state index < -0.39 is 0 Å². The largest absolute Gasteiger partial charge is 0.316 e. The van der Waals surface area contributed by atoms with Crippen LogP contribution in [-0.2, 0) is 0 Å². The summed E-state index contributed by atoms with van der Waals surface area (Å²) in [6, 6.07) is 1.99. The fourth-order valence-corrected chi connectivity index (χ4v) is 3.96. The van der Waals surface area contributed by atoms with Gasteiger partial charge in [0, 0.05) is 28.8 Å². The molecule has 0 radical (unpaired) electrons. The molecule has 0 saturated carbocycles. The van der Waals surface area contributed by atoms with Gasteiger partial charge in [-0.25, -0.2) is 4.98 Å². The minimum Gasteiger partial charge on any atom is -0.316 e. The molecule has 90 valence electrons. The quantitative estimate of drug-likeness (QED) is 0.902. The smallest absolute Gasteiger partial charge is 0.0976 e. The van der Waals surface area contributed by atoms with E-state index in [1.165, 1.54) is 17.8 Å². The predicted molar refractivity (Wildman–Crippen MR) is 75.3 cm³/mol. The van der Waals surface area contributed by atoms with Crippen molar-refractivity contribution in [2.45, 2.75) is 18.8 Å². The lowest BCUT2D eigenvalue weighted by Crippen LogP contribution is -2.28. The van der Waals surface area contributed by atoms with Gasteiger partial charge in [-0.05, 0) is 25.5 Å². The monoisotopic (exact) mass is 284 g/mol. The Morgan fingerprint density at radius 2 is 2.29 bits per heavy atom. The molecule has 1 fully saturated rings. The number of hydrogen-bond acceptors (Lipinski definition) is 4. The van der Waals surface area contributed by atoms with E-state index in [-0.39, 0.29) is 0 Å². The van der Waals surface area contributed by atoms with Crippen LogP contribution >= 0.6 is 34.3 Å². The summed E-state index contributed by atoms with van der Waals surface area (Å²) in [4.78, 5) is 4.74. The molecular weight excluding hydrogens is 272 g/mol. The molecule has 0 aromatic carbocycles. The zero-order valence-corrected chi connectivity index (χ0v) is 11.7. The van der Waals surface area contributed by atoms with Crippen molar-refractivity contribution in [3.63, 3.8) is 0 Å². The summed E-state index contributed by atoms with van der Waals surface area (Å²) in [5, 5.41) is 8.90. The molecule has 0 amide bonds. The zero-order chi connectivity index (χ0) is 11.7. The standard InChI is InChI=1S/C12H13ClN2S2/c13-11-4-9(6-16-11)10-7-17-12(15-10)8-2-1-3-14-5-8/h4,6-8,14H,1-3,5H2. The molecule has 0 spiro atoms. The third-order valence-corrected chi connectivity index (χ3v) is 5.13. The molecule has 2 nitrogen and oxygen atoms in total. The van der Waals surface area contributed by atoms with E-state index in [2.05, 4.69) is 16.1 Å². The third-order valence-electron chi connectivity index (χ3n) is 3.03. The van der Waals surface area contributed by atoms with Crippen molar-refractivity contribution in [3.8, 4) is 11.3 Å². The molecule has 1 unspecified atom stereocenters. The molecule has 1 aliphatic heterocycles. The summed E-state index contributed by atoms with van der Waals surface area (Å²) in [6.07, 6.45) is 2.51. The molecule has 1 N–H and O–H groups in total. The molecule has 2 aromatic heterocycles. The van der Waals surface area contributed by atoms with Crippen LogP contribution in [0.3, 0.4) is 0 Å². The number of nitrogens with one attached hydrogen (secondary N) is 1. The lowest BCUT2D eigenvalue weighted by atomic mass is 10.0. The van der Waals surface area contributed by atoms with Crippen LogP contribution in [0.25, 0.3) is 11.3 Å². The van der Waals surface area contributed by atoms with Crippen LogP contribution in [0.1, 0.15) is 23.8 Å². The van der Waals surface area contributed by atoms with Crippen LogP contribution in [0.2, 0.25) is 4.34 Å². The van der Waals surface area contributed by atoms with Crippen LogP contribution in [0, 0.1) is 0 Å². The maximum Gasteiger partial charge on any atom is 0.0976 e. The maximum absolute atomic E-state index is 5.95. The topological polar surface area (TPSA) is 24.9 Å². The van der Waals surface area contributed by atoms with Gasteiger partial charge in [-0.15, -0.1) is 22.7 Å². The summed E-state index contributed by atoms with van der Waals surface area (Å²) < 4.78 is 0.828. The molecule has 3 rings (SSSR count). The van der Waals surface area contributed by atoms with Crippen LogP contribution in [-0.4, -0.2) is 18.1 Å². The van der Waals surface area contributed by atoms with Crippen molar-refractivity contribution in [1.29, 1.82) is 0 Å². The van der Waals surface area contributed by atoms with Crippen molar-refractivity contribution in [2.75, 3.05) is 13.1 Å². The highest BCUT2D eigenvalue weighted by Crippen LogP contribution is 2.33. The second-order valence-corrected chi connectivity index (χ2v) is 6.69. The lowest BCUT2D eigenvalue weighted by molar-refractivity contribution is 0.460. The fourth-order valence-electron chi connectivity index (χ4n) is 2.11. The van der Waals surface area contributed by atoms with Crippen LogP contribution < -0.4 is 5.32 Å². The first-order valence-electron chi connectivity index (χ1n) is 5.73. The van der Waals surface area contributed by atoms with Crippen molar-refractivity contribution in [3.05, 3.63) is 26.2 Å². The summed E-state index contributed by atoms with van der Waals surface area (Å²) in [5.74, 6) is 0.594. The highest BCUT2D eigenvalue weighted by molar-refractivity contribution is 7.14. The molecular formula is C12H13ClN2S2. The Morgan fingerprint density at radius 1 is 1.35 bits per heavy atom. The van der Waals surface area contributed by atoms with E-state index in [1.807, 2.05) is 6.07 Å². The van der Waals surface area contributed by atoms with Gasteiger partial charge in [0.2, 0.25) is 0 Å². The Hall–Kier alpha value is -0.420. The molecule has 17 heavy (non-hydrogen) atoms. The first-order chi connectivity index (χ1) is 8.33. The highest BCUT2D eigenvalue weighted by atomic mass is 35.5. The van der Waals surface area contributed by atoms with E-state index in [9.17, 15) is 0 Å². The van der Waals surface area contributed by atoms with Gasteiger partial charge in [-0.3, -0.25) is 0 Å². The average Bonchev–Trinajstić information content (AvgIpc) is 2.98. The van der Waals surface area contributed by atoms with E-state index >= 15 is 0 Å². The van der Waals surface area contributed by atoms with Crippen molar-refractivity contribution in [1.82, 2.24) is 10.3 Å². The Morgan fingerprint density at radius 3 is 3.00 bits per heavy atom. The van der Waals surface area contributed by atoms with Crippen molar-refractivity contribution < 1.29 is 0 Å². The minimum atomic E-state index is 0.594. The first kappa shape index (κ1) is 11.7. The SMILES string of the molecule is Clc1cc(-c2csc(C3CCCNC3)n2)cs1. The number of piperidine rings is 1. The van der Waals surface area contributed by atoms with E-state index in [0.29, 0.717) is 5.92 Å². The fraction of sp³-hybridized carbons (Fsp3) is 0.417. The lowest BCUT2D eigenvalue weighted by Gasteiger charge is -2.20. The Balaban J connectivity index is 1.82. The normalized spacial score (nSPS) is 20.6. The Kier molecular flexibility index (Phi) is 3.47. The maximum atomic E-state index is 5.95. The van der Waals surface area contributed by atoms with E-state index in [1.54, 1.807) is 22.7 Å². The van der Waals surface area contributed by atoms with Gasteiger partial charge in [0.15, 0.2) is 0 Å². The Labute approximate surface area is 114 Å². The zero-order valence-electron chi connectivity index (χ0n) is 9.28. The second kappa shape index (κ2) is 5.06. The van der Waals surface area contributed by atoms with Gasteiger partial charge in [0.05, 0.1) is 15.0 Å². The van der Waals surface area contributed by atoms with Crippen LogP contribution in [0.4, 0.5) is 0 Å². The summed E-state index contributed by atoms with van der Waals surface area (Å²) in [7, 11) is 0. The molecule has 1 aliphatic rings. The van der Waals surface area contributed by atoms with Crippen LogP contribution in [0.5, 0.6) is 0 Å². The number of thiophene rings is 1. The Bertz CT molecular complexity index is 500. The number of aromatic nitrogens is 1. The number of halogens is 1. The molecule has 1 atom stereocenters. The van der Waals surface area contributed by atoms with E-state index in [4.69, 9.17) is 16.6 Å².